The molecule has 0 atom stereocenters. The van der Waals surface area contributed by atoms with Crippen LogP contribution in [-0.2, 0) is 18.5 Å². The normalized spacial score (nSPS) is 11.7. The van der Waals surface area contributed by atoms with Gasteiger partial charge in [-0.05, 0) is 36.4 Å². The lowest BCUT2D eigenvalue weighted by Gasteiger charge is -2.15. The summed E-state index contributed by atoms with van der Waals surface area (Å²) in [5, 5.41) is 11.1. The molecule has 1 N–H and O–H groups in total. The number of nitrogens with zero attached hydrogens (tertiary/aromatic N) is 6. The molecule has 3 aromatic heterocycles. The van der Waals surface area contributed by atoms with E-state index in [1.807, 2.05) is 0 Å². The summed E-state index contributed by atoms with van der Waals surface area (Å²) in [6.45, 7) is 7.41. The van der Waals surface area contributed by atoms with E-state index in [1.54, 1.807) is 13.1 Å². The summed E-state index contributed by atoms with van der Waals surface area (Å²) in [5.41, 5.74) is 1.06. The van der Waals surface area contributed by atoms with Gasteiger partial charge in [-0.25, -0.2) is 18.7 Å². The second-order valence-electron chi connectivity index (χ2n) is 9.29. The quantitative estimate of drug-likeness (QED) is 0.193. The lowest BCUT2D eigenvalue weighted by Crippen LogP contribution is -2.22. The number of anilines is 2. The Morgan fingerprint density at radius 3 is 2.51 bits per heavy atom. The highest BCUT2D eigenvalue weighted by molar-refractivity contribution is 6.76. The van der Waals surface area contributed by atoms with E-state index in [0.29, 0.717) is 29.6 Å². The first-order chi connectivity index (χ1) is 16.6. The fourth-order valence-electron chi connectivity index (χ4n) is 3.25. The predicted octanol–water partition coefficient (Wildman–Crippen LogP) is 5.21. The number of aromatic nitrogens is 6. The van der Waals surface area contributed by atoms with Crippen LogP contribution in [0.3, 0.4) is 0 Å². The van der Waals surface area contributed by atoms with Crippen LogP contribution in [0.1, 0.15) is 0 Å². The molecule has 0 saturated heterocycles. The molecule has 0 fully saturated rings. The predicted molar refractivity (Wildman–Crippen MR) is 129 cm³/mol. The van der Waals surface area contributed by atoms with Crippen LogP contribution in [0, 0.1) is 17.7 Å². The molecule has 0 aliphatic carbocycles. The number of nitrogens with one attached hydrogen (secondary N) is 1. The second kappa shape index (κ2) is 10.00. The molecule has 4 aromatic rings. The third-order valence-electron chi connectivity index (χ3n) is 5.20. The fraction of sp³-hybridized carbons (Fsp3) is 0.304. The maximum atomic E-state index is 14.9. The third-order valence-corrected chi connectivity index (χ3v) is 6.90. The number of ether oxygens (including phenoxy) is 1. The maximum Gasteiger partial charge on any atom is 0.240 e. The monoisotopic (exact) mass is 501 g/mol. The summed E-state index contributed by atoms with van der Waals surface area (Å²) in [6.07, 6.45) is 2.76. The molecule has 0 aliphatic heterocycles. The van der Waals surface area contributed by atoms with E-state index in [-0.39, 0.29) is 17.9 Å². The van der Waals surface area contributed by atoms with Crippen molar-refractivity contribution in [2.45, 2.75) is 32.4 Å². The Labute approximate surface area is 201 Å². The van der Waals surface area contributed by atoms with E-state index in [2.05, 4.69) is 45.1 Å². The number of benzene rings is 1. The highest BCUT2D eigenvalue weighted by Gasteiger charge is 2.17. The van der Waals surface area contributed by atoms with Crippen molar-refractivity contribution in [2.75, 3.05) is 11.9 Å². The Morgan fingerprint density at radius 1 is 1.03 bits per heavy atom. The Morgan fingerprint density at radius 2 is 1.83 bits per heavy atom. The van der Waals surface area contributed by atoms with Gasteiger partial charge in [-0.2, -0.15) is 13.8 Å². The van der Waals surface area contributed by atoms with Gasteiger partial charge < -0.3 is 10.1 Å². The summed E-state index contributed by atoms with van der Waals surface area (Å²) < 4.78 is 50.8. The largest absolute Gasteiger partial charge is 0.360 e. The first kappa shape index (κ1) is 24.6. The fourth-order valence-corrected chi connectivity index (χ4v) is 4.00. The molecule has 0 unspecified atom stereocenters. The van der Waals surface area contributed by atoms with Gasteiger partial charge in [0.15, 0.2) is 5.82 Å². The van der Waals surface area contributed by atoms with Gasteiger partial charge >= 0.3 is 0 Å². The topological polar surface area (TPSA) is 82.7 Å². The Hall–Kier alpha value is -3.51. The van der Waals surface area contributed by atoms with Crippen LogP contribution in [0.25, 0.3) is 22.5 Å². The minimum atomic E-state index is -1.23. The molecule has 8 nitrogen and oxygen atoms in total. The van der Waals surface area contributed by atoms with Crippen molar-refractivity contribution in [3.63, 3.8) is 0 Å². The van der Waals surface area contributed by atoms with Crippen LogP contribution in [0.4, 0.5) is 24.8 Å². The maximum absolute atomic E-state index is 14.9. The average molecular weight is 502 g/mol. The molecule has 0 radical (unpaired) electrons. The summed E-state index contributed by atoms with van der Waals surface area (Å²) in [7, 11) is 0.435. The van der Waals surface area contributed by atoms with Crippen LogP contribution in [-0.4, -0.2) is 44.2 Å². The third kappa shape index (κ3) is 6.14. The van der Waals surface area contributed by atoms with Crippen molar-refractivity contribution in [1.82, 2.24) is 29.5 Å². The van der Waals surface area contributed by atoms with E-state index in [9.17, 15) is 13.2 Å². The van der Waals surface area contributed by atoms with Gasteiger partial charge in [0.25, 0.3) is 0 Å². The van der Waals surface area contributed by atoms with E-state index in [0.717, 1.165) is 6.04 Å². The smallest absolute Gasteiger partial charge is 0.240 e. The van der Waals surface area contributed by atoms with Crippen molar-refractivity contribution in [1.29, 1.82) is 0 Å². The van der Waals surface area contributed by atoms with Crippen molar-refractivity contribution >= 4 is 19.7 Å². The van der Waals surface area contributed by atoms with Gasteiger partial charge in [0.1, 0.15) is 12.5 Å². The van der Waals surface area contributed by atoms with E-state index in [4.69, 9.17) is 4.74 Å². The van der Waals surface area contributed by atoms with Crippen molar-refractivity contribution in [3.05, 3.63) is 60.4 Å². The zero-order valence-electron chi connectivity index (χ0n) is 19.9. The molecule has 1 aromatic carbocycles. The van der Waals surface area contributed by atoms with Crippen molar-refractivity contribution in [3.8, 4) is 22.5 Å². The van der Waals surface area contributed by atoms with Crippen molar-refractivity contribution < 1.29 is 17.9 Å². The first-order valence-electron chi connectivity index (χ1n) is 11.0. The molecule has 0 aliphatic rings. The second-order valence-corrected chi connectivity index (χ2v) is 14.9. The van der Waals surface area contributed by atoms with Crippen LogP contribution in [0.2, 0.25) is 25.7 Å². The highest BCUT2D eigenvalue weighted by atomic mass is 28.3. The zero-order chi connectivity index (χ0) is 25.2. The van der Waals surface area contributed by atoms with Gasteiger partial charge in [-0.3, -0.25) is 0 Å². The zero-order valence-corrected chi connectivity index (χ0v) is 20.9. The Balaban J connectivity index is 1.46. The first-order valence-corrected chi connectivity index (χ1v) is 14.7. The molecule has 35 heavy (non-hydrogen) atoms. The molecule has 12 heteroatoms. The van der Waals surface area contributed by atoms with Crippen LogP contribution in [0.5, 0.6) is 0 Å². The number of hydrogen-bond acceptors (Lipinski definition) is 6. The van der Waals surface area contributed by atoms with E-state index in [1.165, 1.54) is 46.0 Å². The van der Waals surface area contributed by atoms with Gasteiger partial charge in [0.05, 0.1) is 5.56 Å². The molecule has 4 rings (SSSR count). The van der Waals surface area contributed by atoms with Crippen LogP contribution in [0.15, 0.2) is 42.7 Å². The molecular formula is C23H26F3N7OSi. The molecule has 3 heterocycles. The van der Waals surface area contributed by atoms with Crippen LogP contribution >= 0.6 is 0 Å². The van der Waals surface area contributed by atoms with Gasteiger partial charge in [-0.15, -0.1) is 10.2 Å². The number of hydrogen-bond donors (Lipinski definition) is 1. The Bertz CT molecular complexity index is 1320. The number of rotatable bonds is 9. The van der Waals surface area contributed by atoms with Crippen LogP contribution < -0.4 is 5.32 Å². The lowest BCUT2D eigenvalue weighted by atomic mass is 10.1. The molecule has 0 amide bonds. The minimum absolute atomic E-state index is 0.0487. The molecule has 184 valence electrons. The molecule has 0 bridgehead atoms. The number of pyridine rings is 1. The van der Waals surface area contributed by atoms with Crippen molar-refractivity contribution in [2.24, 2.45) is 7.05 Å². The Kier molecular flexibility index (Phi) is 7.03. The minimum Gasteiger partial charge on any atom is -0.360 e. The number of aryl methyl sites for hydroxylation is 1. The summed E-state index contributed by atoms with van der Waals surface area (Å²) in [4.78, 5) is 7.95. The molecule has 0 spiro atoms. The molecule has 0 saturated carbocycles. The van der Waals surface area contributed by atoms with E-state index >= 15 is 0 Å². The summed E-state index contributed by atoms with van der Waals surface area (Å²) >= 11 is 0. The van der Waals surface area contributed by atoms with Gasteiger partial charge in [0.2, 0.25) is 17.8 Å². The standard InChI is InChI=1S/C23H26F3N7OSi/c1-32-23(29-22(31-32)15-5-8-20(25)27-12-15)28-16-6-7-17(19(24)11-16)18-13-33(30-21(18)26)14-34-9-10-35(2,3)4/h5-8,11-13H,9-10,14H2,1-4H3,(H,28,29,31). The summed E-state index contributed by atoms with van der Waals surface area (Å²) in [5.74, 6) is -1.33. The summed E-state index contributed by atoms with van der Waals surface area (Å²) in [6, 6.07) is 8.03. The number of halogens is 3. The highest BCUT2D eigenvalue weighted by Crippen LogP contribution is 2.28. The average Bonchev–Trinajstić information content (AvgIpc) is 3.33. The van der Waals surface area contributed by atoms with Gasteiger partial charge in [0, 0.05) is 50.9 Å². The van der Waals surface area contributed by atoms with Gasteiger partial charge in [-0.1, -0.05) is 19.6 Å². The van der Waals surface area contributed by atoms with E-state index < -0.39 is 25.8 Å². The SMILES string of the molecule is Cn1nc(-c2ccc(F)nc2)nc1Nc1ccc(-c2cn(COCC[Si](C)(C)C)nc2F)c(F)c1. The molecular weight excluding hydrogens is 475 g/mol. The lowest BCUT2D eigenvalue weighted by molar-refractivity contribution is 0.0774.